The number of furan rings is 1. The van der Waals surface area contributed by atoms with Gasteiger partial charge in [-0.1, -0.05) is 31.9 Å². The van der Waals surface area contributed by atoms with Crippen LogP contribution in [0.15, 0.2) is 27.3 Å². The lowest BCUT2D eigenvalue weighted by Gasteiger charge is -2.07. The third-order valence-electron chi connectivity index (χ3n) is 2.33. The maximum absolute atomic E-state index is 11.6. The van der Waals surface area contributed by atoms with Crippen molar-refractivity contribution >= 4 is 48.8 Å². The lowest BCUT2D eigenvalue weighted by atomic mass is 10.1. The molecule has 0 radical (unpaired) electrons. The van der Waals surface area contributed by atoms with E-state index < -0.39 is 0 Å². The second-order valence-corrected chi connectivity index (χ2v) is 4.59. The van der Waals surface area contributed by atoms with Crippen molar-refractivity contribution in [2.24, 2.45) is 0 Å². The van der Waals surface area contributed by atoms with Gasteiger partial charge in [-0.05, 0) is 12.1 Å². The number of fused-ring (bicyclic) bond motifs is 1. The number of esters is 1. The Labute approximate surface area is 109 Å². The fourth-order valence-corrected chi connectivity index (χ4v) is 2.67. The normalized spacial score (nSPS) is 10.7. The van der Waals surface area contributed by atoms with E-state index in [2.05, 4.69) is 31.9 Å². The summed E-state index contributed by atoms with van der Waals surface area (Å²) in [4.78, 5) is 11.6. The lowest BCUT2D eigenvalue weighted by molar-refractivity contribution is 0.0600. The third-order valence-corrected chi connectivity index (χ3v) is 3.55. The van der Waals surface area contributed by atoms with Gasteiger partial charge in [0.15, 0.2) is 0 Å². The number of carbonyl (C=O) groups excluding carboxylic acids is 1. The second-order valence-electron chi connectivity index (χ2n) is 3.17. The zero-order valence-electron chi connectivity index (χ0n) is 8.42. The summed E-state index contributed by atoms with van der Waals surface area (Å²) in [5.41, 5.74) is 2.01. The van der Waals surface area contributed by atoms with Crippen molar-refractivity contribution in [1.29, 1.82) is 0 Å². The number of hydrogen-bond donors (Lipinski definition) is 0. The van der Waals surface area contributed by atoms with E-state index in [1.165, 1.54) is 7.11 Å². The Balaban J connectivity index is 2.78. The maximum Gasteiger partial charge on any atom is 0.338 e. The first-order chi connectivity index (χ1) is 7.69. The van der Waals surface area contributed by atoms with Crippen molar-refractivity contribution in [1.82, 2.24) is 0 Å². The summed E-state index contributed by atoms with van der Waals surface area (Å²) < 4.78 is 10.9. The number of benzene rings is 1. The van der Waals surface area contributed by atoms with Gasteiger partial charge in [-0.15, -0.1) is 0 Å². The molecule has 1 aromatic carbocycles. The van der Waals surface area contributed by atoms with Crippen LogP contribution in [0.4, 0.5) is 0 Å². The molecule has 1 aromatic heterocycles. The lowest BCUT2D eigenvalue weighted by Crippen LogP contribution is -2.05. The van der Waals surface area contributed by atoms with Crippen molar-refractivity contribution in [3.63, 3.8) is 0 Å². The van der Waals surface area contributed by atoms with Gasteiger partial charge >= 0.3 is 5.97 Å². The van der Waals surface area contributed by atoms with Crippen molar-refractivity contribution in [3.05, 3.63) is 34.0 Å². The zero-order valence-corrected chi connectivity index (χ0v) is 11.6. The molecule has 0 spiro atoms. The van der Waals surface area contributed by atoms with Crippen LogP contribution in [0.2, 0.25) is 0 Å². The molecule has 3 nitrogen and oxygen atoms in total. The highest BCUT2D eigenvalue weighted by Crippen LogP contribution is 2.32. The maximum atomic E-state index is 11.6. The van der Waals surface area contributed by atoms with Gasteiger partial charge in [-0.25, -0.2) is 4.79 Å². The smallest absolute Gasteiger partial charge is 0.338 e. The molecular formula is C11H8Br2O3. The first-order valence-corrected chi connectivity index (χ1v) is 6.43. The average Bonchev–Trinajstić information content (AvgIpc) is 2.77. The van der Waals surface area contributed by atoms with Crippen molar-refractivity contribution in [3.8, 4) is 0 Å². The van der Waals surface area contributed by atoms with Gasteiger partial charge in [0.25, 0.3) is 0 Å². The quantitative estimate of drug-likeness (QED) is 0.611. The molecule has 2 aromatic rings. The van der Waals surface area contributed by atoms with Crippen LogP contribution in [0.3, 0.4) is 0 Å². The fraction of sp³-hybridized carbons (Fsp3) is 0.182. The van der Waals surface area contributed by atoms with E-state index in [9.17, 15) is 4.79 Å². The van der Waals surface area contributed by atoms with Crippen molar-refractivity contribution in [2.75, 3.05) is 7.11 Å². The Morgan fingerprint density at radius 2 is 2.31 bits per heavy atom. The number of alkyl halides is 1. The summed E-state index contributed by atoms with van der Waals surface area (Å²) in [7, 11) is 1.36. The summed E-state index contributed by atoms with van der Waals surface area (Å²) in [5, 5.41) is 1.48. The molecule has 0 aliphatic heterocycles. The molecule has 0 aliphatic rings. The van der Waals surface area contributed by atoms with E-state index >= 15 is 0 Å². The molecule has 84 valence electrons. The molecule has 0 unspecified atom stereocenters. The van der Waals surface area contributed by atoms with Crippen LogP contribution in [-0.2, 0) is 10.1 Å². The van der Waals surface area contributed by atoms with Crippen LogP contribution in [0.5, 0.6) is 0 Å². The van der Waals surface area contributed by atoms with Gasteiger partial charge < -0.3 is 9.15 Å². The second kappa shape index (κ2) is 4.59. The van der Waals surface area contributed by atoms with Crippen LogP contribution in [0, 0.1) is 0 Å². The fourth-order valence-electron chi connectivity index (χ4n) is 1.57. The summed E-state index contributed by atoms with van der Waals surface area (Å²) in [6, 6.07) is 3.60. The van der Waals surface area contributed by atoms with Gasteiger partial charge in [0.1, 0.15) is 5.58 Å². The third kappa shape index (κ3) is 1.78. The zero-order chi connectivity index (χ0) is 11.7. The highest BCUT2D eigenvalue weighted by atomic mass is 79.9. The Bertz CT molecular complexity index is 545. The topological polar surface area (TPSA) is 39.4 Å². The molecule has 0 atom stereocenters. The largest absolute Gasteiger partial charge is 0.465 e. The van der Waals surface area contributed by atoms with Gasteiger partial charge in [0.05, 0.1) is 18.9 Å². The Hall–Kier alpha value is -0.810. The van der Waals surface area contributed by atoms with E-state index in [4.69, 9.17) is 9.15 Å². The number of methoxy groups -OCH3 is 1. The average molecular weight is 348 g/mol. The Kier molecular flexibility index (Phi) is 3.35. The molecule has 0 saturated carbocycles. The number of carbonyl (C=O) groups is 1. The minimum Gasteiger partial charge on any atom is -0.465 e. The number of rotatable bonds is 2. The van der Waals surface area contributed by atoms with Gasteiger partial charge in [0.2, 0.25) is 0 Å². The number of halogens is 2. The van der Waals surface area contributed by atoms with E-state index in [0.717, 1.165) is 15.4 Å². The van der Waals surface area contributed by atoms with Crippen LogP contribution >= 0.6 is 31.9 Å². The predicted octanol–water partition coefficient (Wildman–Crippen LogP) is 3.88. The Morgan fingerprint density at radius 1 is 1.56 bits per heavy atom. The number of hydrogen-bond acceptors (Lipinski definition) is 3. The Morgan fingerprint density at radius 3 is 2.94 bits per heavy atom. The molecule has 5 heteroatoms. The minimum absolute atomic E-state index is 0.367. The van der Waals surface area contributed by atoms with Crippen LogP contribution in [0.1, 0.15) is 15.9 Å². The summed E-state index contributed by atoms with van der Waals surface area (Å²) in [6.45, 7) is 0. The van der Waals surface area contributed by atoms with E-state index in [0.29, 0.717) is 16.5 Å². The molecular weight excluding hydrogens is 340 g/mol. The summed E-state index contributed by atoms with van der Waals surface area (Å²) in [6.07, 6.45) is 1.60. The molecule has 0 fully saturated rings. The summed E-state index contributed by atoms with van der Waals surface area (Å²) in [5.74, 6) is -0.367. The van der Waals surface area contributed by atoms with E-state index in [1.807, 2.05) is 6.07 Å². The first kappa shape index (κ1) is 11.7. The molecule has 0 aliphatic carbocycles. The highest BCUT2D eigenvalue weighted by molar-refractivity contribution is 9.10. The van der Waals surface area contributed by atoms with Gasteiger partial charge in [-0.3, -0.25) is 0 Å². The molecule has 0 saturated heterocycles. The van der Waals surface area contributed by atoms with E-state index in [1.54, 1.807) is 12.3 Å². The molecule has 1 heterocycles. The minimum atomic E-state index is -0.367. The van der Waals surface area contributed by atoms with Gasteiger partial charge in [-0.2, -0.15) is 0 Å². The predicted molar refractivity (Wildman–Crippen MR) is 67.9 cm³/mol. The standard InChI is InChI=1S/C11H8Br2O3/c1-15-11(14)7-4-9(13)6-2-3-16-10(6)8(7)5-12/h2-4H,5H2,1H3. The SMILES string of the molecule is COC(=O)c1cc(Br)c2ccoc2c1CBr. The van der Waals surface area contributed by atoms with Crippen molar-refractivity contribution in [2.45, 2.75) is 5.33 Å². The van der Waals surface area contributed by atoms with Crippen LogP contribution in [0.25, 0.3) is 11.0 Å². The summed E-state index contributed by atoms with van der Waals surface area (Å²) >= 11 is 6.76. The molecule has 2 rings (SSSR count). The van der Waals surface area contributed by atoms with Crippen LogP contribution < -0.4 is 0 Å². The monoisotopic (exact) mass is 346 g/mol. The molecule has 0 N–H and O–H groups in total. The molecule has 0 amide bonds. The van der Waals surface area contributed by atoms with Crippen LogP contribution in [-0.4, -0.2) is 13.1 Å². The van der Waals surface area contributed by atoms with Crippen molar-refractivity contribution < 1.29 is 13.9 Å². The number of ether oxygens (including phenoxy) is 1. The van der Waals surface area contributed by atoms with Gasteiger partial charge in [0, 0.05) is 20.8 Å². The molecule has 16 heavy (non-hydrogen) atoms. The molecule has 0 bridgehead atoms. The highest BCUT2D eigenvalue weighted by Gasteiger charge is 2.18. The van der Waals surface area contributed by atoms with E-state index in [-0.39, 0.29) is 5.97 Å². The first-order valence-electron chi connectivity index (χ1n) is 4.52.